The fourth-order valence-electron chi connectivity index (χ4n) is 2.01. The van der Waals surface area contributed by atoms with Crippen LogP contribution in [0, 0.1) is 6.92 Å². The van der Waals surface area contributed by atoms with Crippen molar-refractivity contribution in [2.45, 2.75) is 22.2 Å². The molecule has 1 aliphatic heterocycles. The number of likely N-dealkylation sites (N-methyl/N-ethyl adjacent to an activating group) is 1. The molecule has 0 saturated carbocycles. The third-order valence-electron chi connectivity index (χ3n) is 2.86. The summed E-state index contributed by atoms with van der Waals surface area (Å²) >= 11 is 3.12. The molecule has 5 nitrogen and oxygen atoms in total. The van der Waals surface area contributed by atoms with E-state index in [0.717, 1.165) is 25.5 Å². The second-order valence-corrected chi connectivity index (χ2v) is 6.65. The monoisotopic (exact) mass is 292 g/mol. The number of hydrogen-bond acceptors (Lipinski definition) is 6. The summed E-state index contributed by atoms with van der Waals surface area (Å²) in [6.07, 6.45) is 0. The van der Waals surface area contributed by atoms with Gasteiger partial charge in [0.1, 0.15) is 11.0 Å². The van der Waals surface area contributed by atoms with Crippen molar-refractivity contribution in [1.29, 1.82) is 0 Å². The lowest BCUT2D eigenvalue weighted by Crippen LogP contribution is -2.23. The van der Waals surface area contributed by atoms with Gasteiger partial charge in [-0.1, -0.05) is 29.2 Å². The van der Waals surface area contributed by atoms with Crippen LogP contribution in [0.5, 0.6) is 0 Å². The van der Waals surface area contributed by atoms with Gasteiger partial charge in [0.2, 0.25) is 5.91 Å². The highest BCUT2D eigenvalue weighted by atomic mass is 32.2. The lowest BCUT2D eigenvalue weighted by Gasteiger charge is -2.06. The van der Waals surface area contributed by atoms with Crippen molar-refractivity contribution in [3.63, 3.8) is 0 Å². The van der Waals surface area contributed by atoms with Crippen molar-refractivity contribution in [2.24, 2.45) is 0 Å². The Hall–Kier alpha value is -1.44. The first kappa shape index (κ1) is 12.6. The fourth-order valence-corrected chi connectivity index (χ4v) is 3.84. The minimum absolute atomic E-state index is 0.00795. The fraction of sp³-hybridized carbons (Fsp3) is 0.250. The summed E-state index contributed by atoms with van der Waals surface area (Å²) in [6, 6.07) is 5.71. The number of fused-ring (bicyclic) bond motifs is 1. The number of nitrogens with one attached hydrogen (secondary N) is 2. The molecule has 1 amide bonds. The maximum absolute atomic E-state index is 11.7. The molecule has 98 valence electrons. The first-order valence-corrected chi connectivity index (χ1v) is 7.40. The van der Waals surface area contributed by atoms with Gasteiger partial charge in [-0.05, 0) is 26.1 Å². The Labute approximate surface area is 118 Å². The number of aryl methyl sites for hydroxylation is 1. The molecule has 0 aliphatic carbocycles. The van der Waals surface area contributed by atoms with Crippen LogP contribution in [0.25, 0.3) is 0 Å². The summed E-state index contributed by atoms with van der Waals surface area (Å²) in [6.45, 7) is 1.93. The minimum atomic E-state index is -0.252. The number of benzene rings is 1. The van der Waals surface area contributed by atoms with Crippen LogP contribution in [0.3, 0.4) is 0 Å². The van der Waals surface area contributed by atoms with E-state index < -0.39 is 0 Å². The molecule has 1 aromatic heterocycles. The summed E-state index contributed by atoms with van der Waals surface area (Å²) in [7, 11) is 1.78. The Morgan fingerprint density at radius 2 is 2.26 bits per heavy atom. The number of nitrogens with zero attached hydrogens (tertiary/aromatic N) is 2. The second kappa shape index (κ2) is 4.92. The van der Waals surface area contributed by atoms with E-state index in [4.69, 9.17) is 0 Å². The zero-order valence-corrected chi connectivity index (χ0v) is 12.1. The largest absolute Gasteiger partial charge is 0.324 e. The highest BCUT2D eigenvalue weighted by Gasteiger charge is 2.29. The molecular formula is C12H12N4OS2. The molecule has 1 aliphatic rings. The summed E-state index contributed by atoms with van der Waals surface area (Å²) in [5.41, 5.74) is 1.86. The average Bonchev–Trinajstić information content (AvgIpc) is 2.91. The molecule has 2 heterocycles. The van der Waals surface area contributed by atoms with Crippen LogP contribution in [0.1, 0.15) is 16.6 Å². The molecule has 2 aromatic rings. The normalized spacial score (nSPS) is 17.4. The number of aromatic nitrogens is 2. The van der Waals surface area contributed by atoms with Crippen LogP contribution in [0.15, 0.2) is 27.4 Å². The number of anilines is 1. The maximum atomic E-state index is 11.7. The molecular weight excluding hydrogens is 280 g/mol. The van der Waals surface area contributed by atoms with E-state index >= 15 is 0 Å². The highest BCUT2D eigenvalue weighted by Crippen LogP contribution is 2.37. The van der Waals surface area contributed by atoms with Gasteiger partial charge in [0.25, 0.3) is 0 Å². The quantitative estimate of drug-likeness (QED) is 0.908. The van der Waals surface area contributed by atoms with Gasteiger partial charge in [-0.3, -0.25) is 4.79 Å². The van der Waals surface area contributed by atoms with Crippen LogP contribution in [-0.2, 0) is 4.79 Å². The molecule has 2 N–H and O–H groups in total. The van der Waals surface area contributed by atoms with Crippen molar-refractivity contribution in [3.05, 3.63) is 28.8 Å². The number of amides is 1. The molecule has 1 aromatic carbocycles. The molecule has 19 heavy (non-hydrogen) atoms. The topological polar surface area (TPSA) is 66.9 Å². The third kappa shape index (κ3) is 2.36. The molecule has 1 atom stereocenters. The van der Waals surface area contributed by atoms with Crippen molar-refractivity contribution < 1.29 is 4.79 Å². The number of rotatable bonds is 3. The van der Waals surface area contributed by atoms with Gasteiger partial charge in [0.15, 0.2) is 4.34 Å². The third-order valence-corrected chi connectivity index (χ3v) is 4.74. The van der Waals surface area contributed by atoms with E-state index in [2.05, 4.69) is 20.8 Å². The Balaban J connectivity index is 1.87. The Morgan fingerprint density at radius 3 is 2.95 bits per heavy atom. The summed E-state index contributed by atoms with van der Waals surface area (Å²) in [5, 5.41) is 14.9. The predicted octanol–water partition coefficient (Wildman–Crippen LogP) is 2.21. The molecule has 0 fully saturated rings. The van der Waals surface area contributed by atoms with E-state index in [1.807, 2.05) is 25.1 Å². The molecule has 7 heteroatoms. The van der Waals surface area contributed by atoms with Crippen LogP contribution >= 0.6 is 23.1 Å². The molecule has 3 rings (SSSR count). The van der Waals surface area contributed by atoms with Crippen LogP contribution in [0.2, 0.25) is 0 Å². The summed E-state index contributed by atoms with van der Waals surface area (Å²) in [5.74, 6) is -0.00795. The average molecular weight is 292 g/mol. The van der Waals surface area contributed by atoms with Crippen LogP contribution in [0.4, 0.5) is 5.69 Å². The first-order chi connectivity index (χ1) is 9.17. The summed E-state index contributed by atoms with van der Waals surface area (Å²) in [4.78, 5) is 12.8. The predicted molar refractivity (Wildman–Crippen MR) is 75.6 cm³/mol. The van der Waals surface area contributed by atoms with Gasteiger partial charge in [0, 0.05) is 16.1 Å². The van der Waals surface area contributed by atoms with Gasteiger partial charge >= 0.3 is 0 Å². The van der Waals surface area contributed by atoms with E-state index in [9.17, 15) is 4.79 Å². The zero-order chi connectivity index (χ0) is 13.4. The molecule has 0 bridgehead atoms. The SMILES string of the molecule is CNC1C(=O)Nc2cc(Sc3nnc(C)s3)ccc21. The van der Waals surface area contributed by atoms with E-state index in [1.165, 1.54) is 0 Å². The second-order valence-electron chi connectivity index (χ2n) is 4.15. The summed E-state index contributed by atoms with van der Waals surface area (Å²) < 4.78 is 0.909. The van der Waals surface area contributed by atoms with Gasteiger partial charge in [-0.2, -0.15) is 0 Å². The Bertz CT molecular complexity index is 640. The lowest BCUT2D eigenvalue weighted by molar-refractivity contribution is -0.117. The van der Waals surface area contributed by atoms with Crippen molar-refractivity contribution >= 4 is 34.7 Å². The van der Waals surface area contributed by atoms with Gasteiger partial charge < -0.3 is 10.6 Å². The van der Waals surface area contributed by atoms with Crippen molar-refractivity contribution in [1.82, 2.24) is 15.5 Å². The van der Waals surface area contributed by atoms with Crippen LogP contribution < -0.4 is 10.6 Å². The van der Waals surface area contributed by atoms with E-state index in [0.29, 0.717) is 0 Å². The van der Waals surface area contributed by atoms with E-state index in [1.54, 1.807) is 30.1 Å². The van der Waals surface area contributed by atoms with Crippen LogP contribution in [-0.4, -0.2) is 23.2 Å². The Kier molecular flexibility index (Phi) is 3.26. The molecule has 0 saturated heterocycles. The van der Waals surface area contributed by atoms with Gasteiger partial charge in [0.05, 0.1) is 0 Å². The molecule has 1 unspecified atom stereocenters. The molecule has 0 spiro atoms. The van der Waals surface area contributed by atoms with Gasteiger partial charge in [-0.15, -0.1) is 10.2 Å². The maximum Gasteiger partial charge on any atom is 0.246 e. The standard InChI is InChI=1S/C12H12N4OS2/c1-6-15-16-12(18-6)19-7-3-4-8-9(5-7)14-11(17)10(8)13-2/h3-5,10,13H,1-2H3,(H,14,17). The smallest absolute Gasteiger partial charge is 0.246 e. The lowest BCUT2D eigenvalue weighted by atomic mass is 10.1. The molecule has 0 radical (unpaired) electrons. The van der Waals surface area contributed by atoms with E-state index in [-0.39, 0.29) is 11.9 Å². The first-order valence-electron chi connectivity index (χ1n) is 5.77. The highest BCUT2D eigenvalue weighted by molar-refractivity contribution is 8.01. The van der Waals surface area contributed by atoms with Crippen molar-refractivity contribution in [2.75, 3.05) is 12.4 Å². The van der Waals surface area contributed by atoms with Crippen molar-refractivity contribution in [3.8, 4) is 0 Å². The zero-order valence-electron chi connectivity index (χ0n) is 10.4. The van der Waals surface area contributed by atoms with Gasteiger partial charge in [-0.25, -0.2) is 0 Å². The minimum Gasteiger partial charge on any atom is -0.324 e. The number of carbonyl (C=O) groups is 1. The number of hydrogen-bond donors (Lipinski definition) is 2. The Morgan fingerprint density at radius 1 is 1.42 bits per heavy atom. The number of carbonyl (C=O) groups excluding carboxylic acids is 1.